The van der Waals surface area contributed by atoms with E-state index in [9.17, 15) is 0 Å². The van der Waals surface area contributed by atoms with Gasteiger partial charge < -0.3 is 0 Å². The second-order valence-corrected chi connectivity index (χ2v) is 15.6. The minimum absolute atomic E-state index is 0.689. The maximum Gasteiger partial charge on any atom is 0.160 e. The van der Waals surface area contributed by atoms with Gasteiger partial charge >= 0.3 is 0 Å². The molecule has 0 radical (unpaired) electrons. The van der Waals surface area contributed by atoms with Gasteiger partial charge in [-0.3, -0.25) is 0 Å². The van der Waals surface area contributed by atoms with E-state index in [4.69, 9.17) is 19.9 Å². The second-order valence-electron chi connectivity index (χ2n) is 14.6. The van der Waals surface area contributed by atoms with Gasteiger partial charge in [-0.2, -0.15) is 0 Å². The summed E-state index contributed by atoms with van der Waals surface area (Å²) in [5, 5.41) is 11.7. The van der Waals surface area contributed by atoms with Crippen LogP contribution in [-0.2, 0) is 0 Å². The lowest BCUT2D eigenvalue weighted by atomic mass is 9.92. The molecule has 0 atom stereocenters. The molecule has 11 rings (SSSR count). The molecule has 3 heterocycles. The first-order chi connectivity index (χ1) is 28.1. The lowest BCUT2D eigenvalue weighted by molar-refractivity contribution is 1.16. The molecule has 0 aliphatic rings. The van der Waals surface area contributed by atoms with E-state index in [0.29, 0.717) is 11.6 Å². The first kappa shape index (κ1) is 33.3. The fraction of sp³-hybridized carbons (Fsp3) is 0.0385. The summed E-state index contributed by atoms with van der Waals surface area (Å²) in [7, 11) is 0. The van der Waals surface area contributed by atoms with Crippen LogP contribution in [0.4, 0.5) is 0 Å². The van der Waals surface area contributed by atoms with Crippen molar-refractivity contribution in [1.29, 1.82) is 0 Å². The molecule has 0 unspecified atom stereocenters. The van der Waals surface area contributed by atoms with Gasteiger partial charge in [0.2, 0.25) is 0 Å². The van der Waals surface area contributed by atoms with Gasteiger partial charge in [0.05, 0.1) is 27.1 Å². The molecule has 0 saturated heterocycles. The van der Waals surface area contributed by atoms with E-state index in [1.807, 2.05) is 30.3 Å². The highest BCUT2D eigenvalue weighted by molar-refractivity contribution is 7.26. The van der Waals surface area contributed by atoms with Crippen molar-refractivity contribution in [2.24, 2.45) is 0 Å². The highest BCUT2D eigenvalue weighted by Gasteiger charge is 2.19. The summed E-state index contributed by atoms with van der Waals surface area (Å²) in [5.74, 6) is 1.38. The molecule has 8 aromatic carbocycles. The quantitative estimate of drug-likeness (QED) is 0.159. The fourth-order valence-electron chi connectivity index (χ4n) is 8.29. The van der Waals surface area contributed by atoms with Crippen molar-refractivity contribution in [2.75, 3.05) is 0 Å². The van der Waals surface area contributed by atoms with E-state index < -0.39 is 0 Å². The summed E-state index contributed by atoms with van der Waals surface area (Å²) < 4.78 is 2.30. The van der Waals surface area contributed by atoms with E-state index >= 15 is 0 Å². The van der Waals surface area contributed by atoms with E-state index in [1.54, 1.807) is 11.3 Å². The van der Waals surface area contributed by atoms with Gasteiger partial charge in [0.1, 0.15) is 0 Å². The van der Waals surface area contributed by atoms with Gasteiger partial charge in [0.25, 0.3) is 0 Å². The topological polar surface area (TPSA) is 51.6 Å². The number of fused-ring (bicyclic) bond motifs is 4. The fourth-order valence-corrected chi connectivity index (χ4v) is 9.44. The largest absolute Gasteiger partial charge is 0.228 e. The van der Waals surface area contributed by atoms with Crippen LogP contribution in [0.2, 0.25) is 0 Å². The first-order valence-electron chi connectivity index (χ1n) is 19.3. The van der Waals surface area contributed by atoms with Crippen molar-refractivity contribution in [3.8, 4) is 33.9 Å². The second kappa shape index (κ2) is 13.3. The van der Waals surface area contributed by atoms with E-state index in [1.165, 1.54) is 37.0 Å². The molecule has 4 nitrogen and oxygen atoms in total. The zero-order valence-electron chi connectivity index (χ0n) is 31.2. The lowest BCUT2D eigenvalue weighted by Crippen LogP contribution is -2.22. The summed E-state index contributed by atoms with van der Waals surface area (Å²) in [4.78, 5) is 21.0. The zero-order chi connectivity index (χ0) is 38.0. The SMILES string of the molecule is C=c1cccc/c1=C/C(=C\CC)c1nc(-c2ccc(-c3nc(-c4cc5ccc6cccc7ccc(c4)c5c67)c4sc5ccccc5c4n3)cc2)c2ccccc2n1. The molecule has 0 bridgehead atoms. The van der Waals surface area contributed by atoms with Crippen LogP contribution in [0.25, 0.3) is 116 Å². The van der Waals surface area contributed by atoms with E-state index in [2.05, 4.69) is 147 Å². The number of rotatable bonds is 6. The number of nitrogens with zero attached hydrogens (tertiary/aromatic N) is 4. The van der Waals surface area contributed by atoms with Gasteiger partial charge in [-0.05, 0) is 79.5 Å². The molecule has 0 aliphatic heterocycles. The Morgan fingerprint density at radius 1 is 0.579 bits per heavy atom. The molecule has 0 spiro atoms. The molecule has 0 amide bonds. The van der Waals surface area contributed by atoms with Crippen LogP contribution >= 0.6 is 11.3 Å². The number of hydrogen-bond acceptors (Lipinski definition) is 5. The zero-order valence-corrected chi connectivity index (χ0v) is 32.0. The van der Waals surface area contributed by atoms with Crippen LogP contribution in [0.1, 0.15) is 19.2 Å². The normalized spacial score (nSPS) is 12.6. The third-order valence-corrected chi connectivity index (χ3v) is 12.2. The number of hydrogen-bond donors (Lipinski definition) is 0. The van der Waals surface area contributed by atoms with Crippen LogP contribution in [0.3, 0.4) is 0 Å². The number of allylic oxidation sites excluding steroid dienone is 2. The Balaban J connectivity index is 1.06. The molecule has 0 N–H and O–H groups in total. The highest BCUT2D eigenvalue weighted by Crippen LogP contribution is 2.42. The molecule has 3 aromatic heterocycles. The third kappa shape index (κ3) is 5.58. The van der Waals surface area contributed by atoms with Crippen LogP contribution in [-0.4, -0.2) is 19.9 Å². The molecule has 11 aromatic rings. The van der Waals surface area contributed by atoms with Crippen molar-refractivity contribution < 1.29 is 0 Å². The maximum absolute atomic E-state index is 5.39. The van der Waals surface area contributed by atoms with Crippen LogP contribution < -0.4 is 10.4 Å². The number of thiophene rings is 1. The predicted octanol–water partition coefficient (Wildman–Crippen LogP) is 12.4. The minimum atomic E-state index is 0.689. The Kier molecular flexibility index (Phi) is 7.76. The molecular formula is C52H34N4S. The maximum atomic E-state index is 5.39. The lowest BCUT2D eigenvalue weighted by Gasteiger charge is -2.13. The predicted molar refractivity (Wildman–Crippen MR) is 242 cm³/mol. The Morgan fingerprint density at radius 3 is 2.02 bits per heavy atom. The van der Waals surface area contributed by atoms with Gasteiger partial charge in [0.15, 0.2) is 11.6 Å². The Hall–Kier alpha value is -7.08. The van der Waals surface area contributed by atoms with Crippen molar-refractivity contribution in [3.63, 3.8) is 0 Å². The summed E-state index contributed by atoms with van der Waals surface area (Å²) in [6.07, 6.45) is 5.18. The molecule has 0 fully saturated rings. The molecular weight excluding hydrogens is 713 g/mol. The molecule has 268 valence electrons. The summed E-state index contributed by atoms with van der Waals surface area (Å²) >= 11 is 1.76. The Morgan fingerprint density at radius 2 is 1.25 bits per heavy atom. The van der Waals surface area contributed by atoms with E-state index in [-0.39, 0.29) is 0 Å². The molecule has 0 aliphatic carbocycles. The Labute approximate surface area is 332 Å². The number of aromatic nitrogens is 4. The van der Waals surface area contributed by atoms with E-state index in [0.717, 1.165) is 77.0 Å². The molecule has 5 heteroatoms. The van der Waals surface area contributed by atoms with Crippen LogP contribution in [0.5, 0.6) is 0 Å². The van der Waals surface area contributed by atoms with Crippen molar-refractivity contribution in [1.82, 2.24) is 19.9 Å². The molecule has 0 saturated carbocycles. The monoisotopic (exact) mass is 746 g/mol. The summed E-state index contributed by atoms with van der Waals surface area (Å²) in [6, 6.07) is 53.6. The third-order valence-electron chi connectivity index (χ3n) is 11.0. The first-order valence-corrected chi connectivity index (χ1v) is 20.1. The van der Waals surface area contributed by atoms with Crippen molar-refractivity contribution >= 4 is 93.1 Å². The average Bonchev–Trinajstić information content (AvgIpc) is 3.64. The number of benzene rings is 8. The van der Waals surface area contributed by atoms with Gasteiger partial charge in [-0.25, -0.2) is 19.9 Å². The van der Waals surface area contributed by atoms with Crippen LogP contribution in [0, 0.1) is 0 Å². The van der Waals surface area contributed by atoms with Crippen LogP contribution in [0.15, 0.2) is 158 Å². The van der Waals surface area contributed by atoms with Gasteiger partial charge in [-0.15, -0.1) is 11.3 Å². The summed E-state index contributed by atoms with van der Waals surface area (Å²) in [5.41, 5.74) is 7.72. The average molecular weight is 747 g/mol. The summed E-state index contributed by atoms with van der Waals surface area (Å²) in [6.45, 7) is 6.38. The van der Waals surface area contributed by atoms with Crippen molar-refractivity contribution in [2.45, 2.75) is 13.3 Å². The Bertz CT molecular complexity index is 3460. The molecule has 57 heavy (non-hydrogen) atoms. The highest BCUT2D eigenvalue weighted by atomic mass is 32.1. The minimum Gasteiger partial charge on any atom is -0.228 e. The smallest absolute Gasteiger partial charge is 0.160 e. The van der Waals surface area contributed by atoms with Crippen molar-refractivity contribution in [3.05, 3.63) is 174 Å². The van der Waals surface area contributed by atoms with Gasteiger partial charge in [-0.1, -0.05) is 147 Å². The number of para-hydroxylation sites is 1. The standard InChI is InChI=1S/C52H34N4S/c1-3-11-39(28-36-13-5-4-12-31(36)2)52-53-43-18-8-6-16-41(43)47(54-52)34-22-24-35(25-23-34)51-55-48(50-49(56-51)42-17-7-9-19-44(42)57-50)40-29-37-26-20-32-14-10-15-33-21-27-38(30-40)46(37)45(32)33/h4-30H,2-3H2,1H3/b36-28-,39-11+. The van der Waals surface area contributed by atoms with Gasteiger partial charge in [0, 0.05) is 37.7 Å².